The summed E-state index contributed by atoms with van der Waals surface area (Å²) in [5.74, 6) is 0.0494. The maximum atomic E-state index is 12.5. The van der Waals surface area contributed by atoms with E-state index < -0.39 is 5.60 Å². The van der Waals surface area contributed by atoms with Crippen molar-refractivity contribution >= 4 is 20.9 Å². The van der Waals surface area contributed by atoms with Gasteiger partial charge in [-0.05, 0) is 0 Å². The molecule has 0 unspecified atom stereocenters. The summed E-state index contributed by atoms with van der Waals surface area (Å²) in [5, 5.41) is 19.2. The third-order valence-electron chi connectivity index (χ3n) is 4.96. The number of carbonyl (C=O) groups is 1. The molecular weight excluding hydrogens is 367 g/mol. The standard InChI is InChI=1S/C19H30N2O2Se/c1-3-19(23,4-2)17(21-18(22)16-11-8-12-20-16)14-24-13-15-9-6-5-7-10-15/h5-7,9-10,16-17,20,23H,3-4,8,11-14H2,1-2H3,(H,21,22)/t16-,17-/m0/s1. The van der Waals surface area contributed by atoms with Crippen molar-refractivity contribution in [2.24, 2.45) is 0 Å². The van der Waals surface area contributed by atoms with Gasteiger partial charge in [0.2, 0.25) is 0 Å². The van der Waals surface area contributed by atoms with E-state index in [2.05, 4.69) is 34.9 Å². The Morgan fingerprint density at radius 3 is 2.67 bits per heavy atom. The van der Waals surface area contributed by atoms with Gasteiger partial charge in [0.15, 0.2) is 0 Å². The molecule has 24 heavy (non-hydrogen) atoms. The Morgan fingerprint density at radius 1 is 1.38 bits per heavy atom. The Balaban J connectivity index is 1.95. The van der Waals surface area contributed by atoms with Crippen LogP contribution in [-0.4, -0.2) is 50.2 Å². The number of amides is 1. The van der Waals surface area contributed by atoms with E-state index in [0.717, 1.165) is 30.0 Å². The number of hydrogen-bond acceptors (Lipinski definition) is 3. The van der Waals surface area contributed by atoms with E-state index >= 15 is 0 Å². The van der Waals surface area contributed by atoms with Gasteiger partial charge in [0.1, 0.15) is 0 Å². The first kappa shape index (κ1) is 19.5. The van der Waals surface area contributed by atoms with Crippen molar-refractivity contribution in [1.82, 2.24) is 10.6 Å². The van der Waals surface area contributed by atoms with Crippen LogP contribution in [0.5, 0.6) is 0 Å². The summed E-state index contributed by atoms with van der Waals surface area (Å²) in [6, 6.07) is 10.2. The first-order valence-electron chi connectivity index (χ1n) is 8.97. The molecule has 0 saturated carbocycles. The summed E-state index contributed by atoms with van der Waals surface area (Å²) in [5.41, 5.74) is 0.517. The maximum absolute atomic E-state index is 12.5. The summed E-state index contributed by atoms with van der Waals surface area (Å²) in [6.07, 6.45) is 3.26. The minimum atomic E-state index is -0.813. The van der Waals surface area contributed by atoms with E-state index in [4.69, 9.17) is 0 Å². The van der Waals surface area contributed by atoms with Gasteiger partial charge in [0.05, 0.1) is 0 Å². The fourth-order valence-corrected chi connectivity index (χ4v) is 5.59. The fourth-order valence-electron chi connectivity index (χ4n) is 3.12. The molecule has 1 aliphatic heterocycles. The Morgan fingerprint density at radius 2 is 2.08 bits per heavy atom. The second-order valence-corrected chi connectivity index (χ2v) is 8.68. The van der Waals surface area contributed by atoms with E-state index in [-0.39, 0.29) is 18.0 Å². The van der Waals surface area contributed by atoms with Gasteiger partial charge in [-0.3, -0.25) is 0 Å². The molecule has 1 aromatic rings. The summed E-state index contributed by atoms with van der Waals surface area (Å²) in [6.45, 7) is 4.91. The van der Waals surface area contributed by atoms with E-state index in [9.17, 15) is 9.90 Å². The van der Waals surface area contributed by atoms with E-state index in [1.165, 1.54) is 5.56 Å². The minimum absolute atomic E-state index is 0.0494. The van der Waals surface area contributed by atoms with Gasteiger partial charge >= 0.3 is 152 Å². The Bertz CT molecular complexity index is 499. The normalized spacial score (nSPS) is 19.2. The molecule has 1 fully saturated rings. The van der Waals surface area contributed by atoms with Crippen LogP contribution >= 0.6 is 0 Å². The Kier molecular flexibility index (Phi) is 7.76. The van der Waals surface area contributed by atoms with Crippen LogP contribution in [0.3, 0.4) is 0 Å². The van der Waals surface area contributed by atoms with Gasteiger partial charge in [-0.15, -0.1) is 0 Å². The van der Waals surface area contributed by atoms with E-state index in [1.807, 2.05) is 19.9 Å². The van der Waals surface area contributed by atoms with Crippen molar-refractivity contribution < 1.29 is 9.90 Å². The molecule has 134 valence electrons. The first-order chi connectivity index (χ1) is 11.6. The molecule has 0 aliphatic carbocycles. The van der Waals surface area contributed by atoms with Crippen LogP contribution in [0.15, 0.2) is 30.3 Å². The molecule has 1 heterocycles. The van der Waals surface area contributed by atoms with Crippen LogP contribution in [0.25, 0.3) is 0 Å². The zero-order chi connectivity index (χ0) is 17.4. The molecular formula is C19H30N2O2Se. The SMILES string of the molecule is CCC(O)(CC)[C@H](C[Se]Cc1ccccc1)NC(=O)[C@@H]1CCCN1. The monoisotopic (exact) mass is 398 g/mol. The van der Waals surface area contributed by atoms with Gasteiger partial charge in [0, 0.05) is 0 Å². The zero-order valence-corrected chi connectivity index (χ0v) is 16.5. The van der Waals surface area contributed by atoms with Crippen molar-refractivity contribution in [2.45, 2.75) is 67.9 Å². The van der Waals surface area contributed by atoms with Crippen molar-refractivity contribution in [1.29, 1.82) is 0 Å². The molecule has 5 heteroatoms. The fraction of sp³-hybridized carbons (Fsp3) is 0.632. The van der Waals surface area contributed by atoms with Crippen molar-refractivity contribution in [3.63, 3.8) is 0 Å². The number of aliphatic hydroxyl groups is 1. The summed E-state index contributed by atoms with van der Waals surface area (Å²) < 4.78 is 0. The van der Waals surface area contributed by atoms with E-state index in [0.29, 0.717) is 27.8 Å². The predicted octanol–water partition coefficient (Wildman–Crippen LogP) is 2.10. The van der Waals surface area contributed by atoms with Crippen LogP contribution in [-0.2, 0) is 10.1 Å². The average Bonchev–Trinajstić information content (AvgIpc) is 3.16. The molecule has 1 aliphatic rings. The number of benzene rings is 1. The van der Waals surface area contributed by atoms with Gasteiger partial charge in [0.25, 0.3) is 0 Å². The van der Waals surface area contributed by atoms with Crippen molar-refractivity contribution in [3.05, 3.63) is 35.9 Å². The first-order valence-corrected chi connectivity index (χ1v) is 11.4. The van der Waals surface area contributed by atoms with Crippen LogP contribution in [0, 0.1) is 0 Å². The average molecular weight is 397 g/mol. The molecule has 0 spiro atoms. The number of nitrogens with one attached hydrogen (secondary N) is 2. The van der Waals surface area contributed by atoms with Gasteiger partial charge in [-0.2, -0.15) is 0 Å². The number of carbonyl (C=O) groups excluding carboxylic acids is 1. The summed E-state index contributed by atoms with van der Waals surface area (Å²) in [4.78, 5) is 12.5. The van der Waals surface area contributed by atoms with E-state index in [1.54, 1.807) is 0 Å². The Labute approximate surface area is 152 Å². The molecule has 0 bridgehead atoms. The van der Waals surface area contributed by atoms with Gasteiger partial charge in [-0.25, -0.2) is 0 Å². The molecule has 3 N–H and O–H groups in total. The topological polar surface area (TPSA) is 61.4 Å². The molecule has 0 aromatic heterocycles. The Hall–Kier alpha value is -0.871. The third-order valence-corrected chi connectivity index (χ3v) is 7.28. The van der Waals surface area contributed by atoms with Crippen LogP contribution in [0.4, 0.5) is 0 Å². The second-order valence-electron chi connectivity index (χ2n) is 6.52. The second kappa shape index (κ2) is 9.57. The van der Waals surface area contributed by atoms with Gasteiger partial charge < -0.3 is 0 Å². The third kappa shape index (κ3) is 5.32. The van der Waals surface area contributed by atoms with Gasteiger partial charge in [-0.1, -0.05) is 0 Å². The molecule has 1 aromatic carbocycles. The summed E-state index contributed by atoms with van der Waals surface area (Å²) >= 11 is 0.348. The number of hydrogen-bond donors (Lipinski definition) is 3. The number of rotatable bonds is 9. The predicted molar refractivity (Wildman–Crippen MR) is 99.2 cm³/mol. The zero-order valence-electron chi connectivity index (χ0n) is 14.8. The van der Waals surface area contributed by atoms with Crippen LogP contribution < -0.4 is 10.6 Å². The van der Waals surface area contributed by atoms with Crippen LogP contribution in [0.2, 0.25) is 5.32 Å². The molecule has 0 radical (unpaired) electrons. The molecule has 2 atom stereocenters. The summed E-state index contributed by atoms with van der Waals surface area (Å²) in [7, 11) is 0. The molecule has 1 saturated heterocycles. The molecule has 1 amide bonds. The van der Waals surface area contributed by atoms with Crippen molar-refractivity contribution in [3.8, 4) is 0 Å². The quantitative estimate of drug-likeness (QED) is 0.560. The molecule has 4 nitrogen and oxygen atoms in total. The van der Waals surface area contributed by atoms with Crippen LogP contribution in [0.1, 0.15) is 45.1 Å². The molecule has 2 rings (SSSR count). The van der Waals surface area contributed by atoms with Crippen molar-refractivity contribution in [2.75, 3.05) is 6.54 Å².